The Morgan fingerprint density at radius 3 is 2.42 bits per heavy atom. The molecule has 4 amide bonds. The van der Waals surface area contributed by atoms with Gasteiger partial charge in [-0.25, -0.2) is 19.6 Å². The summed E-state index contributed by atoms with van der Waals surface area (Å²) in [6.07, 6.45) is 6.57. The van der Waals surface area contributed by atoms with Crippen molar-refractivity contribution in [3.8, 4) is 28.1 Å². The topological polar surface area (TPSA) is 204 Å². The molecule has 348 valence electrons. The molecule has 1 saturated carbocycles. The summed E-state index contributed by atoms with van der Waals surface area (Å²) in [4.78, 5) is 73.9. The summed E-state index contributed by atoms with van der Waals surface area (Å²) < 4.78 is 17.4. The van der Waals surface area contributed by atoms with E-state index in [1.807, 2.05) is 49.8 Å². The highest BCUT2D eigenvalue weighted by molar-refractivity contribution is 6.07. The molecule has 5 N–H and O–H groups in total. The van der Waals surface area contributed by atoms with E-state index in [0.29, 0.717) is 31.2 Å². The Balaban J connectivity index is 0.905. The third-order valence-electron chi connectivity index (χ3n) is 15.1. The summed E-state index contributed by atoms with van der Waals surface area (Å²) in [6, 6.07) is 12.5. The highest BCUT2D eigenvalue weighted by Crippen LogP contribution is 2.49. The van der Waals surface area contributed by atoms with Crippen LogP contribution in [0.4, 0.5) is 9.59 Å². The zero-order valence-electron chi connectivity index (χ0n) is 38.4. The summed E-state index contributed by atoms with van der Waals surface area (Å²) in [5.74, 6) is 1.92. The number of methoxy groups -OCH3 is 1. The Labute approximate surface area is 383 Å². The monoisotopic (exact) mass is 900 g/mol. The molecule has 3 aromatic carbocycles. The van der Waals surface area contributed by atoms with Gasteiger partial charge in [-0.2, -0.15) is 0 Å². The Morgan fingerprint density at radius 1 is 0.864 bits per heavy atom. The normalized spacial score (nSPS) is 26.7. The van der Waals surface area contributed by atoms with Gasteiger partial charge in [0.1, 0.15) is 36.1 Å². The second-order valence-electron chi connectivity index (χ2n) is 19.7. The molecule has 9 atom stereocenters. The Hall–Kier alpha value is -6.16. The number of nitrogens with one attached hydrogen (secondary N) is 4. The fourth-order valence-corrected chi connectivity index (χ4v) is 12.0. The molecule has 0 spiro atoms. The number of fused-ring (bicyclic) bond motifs is 7. The van der Waals surface area contributed by atoms with Crippen LogP contribution in [-0.4, -0.2) is 102 Å². The minimum Gasteiger partial charge on any atom is -0.488 e. The summed E-state index contributed by atoms with van der Waals surface area (Å²) in [7, 11) is 1.31. The number of rotatable bonds is 9. The zero-order valence-corrected chi connectivity index (χ0v) is 38.4. The number of hydrogen-bond donors (Lipinski definition) is 5. The minimum absolute atomic E-state index is 0.0323. The number of aromatic nitrogens is 4. The van der Waals surface area contributed by atoms with Crippen molar-refractivity contribution in [1.82, 2.24) is 40.4 Å². The molecular weight excluding hydrogens is 841 g/mol. The van der Waals surface area contributed by atoms with Crippen LogP contribution in [0, 0.1) is 17.8 Å². The van der Waals surface area contributed by atoms with Gasteiger partial charge in [-0.15, -0.1) is 0 Å². The van der Waals surface area contributed by atoms with Crippen LogP contribution < -0.4 is 15.4 Å². The number of likely N-dealkylation sites (tertiary alicyclic amines) is 2. The van der Waals surface area contributed by atoms with Crippen molar-refractivity contribution >= 4 is 45.8 Å². The van der Waals surface area contributed by atoms with Gasteiger partial charge in [0.05, 0.1) is 54.3 Å². The van der Waals surface area contributed by atoms with Crippen LogP contribution in [0.1, 0.15) is 115 Å². The van der Waals surface area contributed by atoms with Gasteiger partial charge in [0.25, 0.3) is 0 Å². The number of carboxylic acid groups (broad SMARTS) is 1. The van der Waals surface area contributed by atoms with Crippen LogP contribution in [0.25, 0.3) is 44.2 Å². The molecule has 6 heterocycles. The van der Waals surface area contributed by atoms with Crippen molar-refractivity contribution in [2.24, 2.45) is 17.8 Å². The van der Waals surface area contributed by atoms with E-state index < -0.39 is 24.3 Å². The van der Waals surface area contributed by atoms with Crippen molar-refractivity contribution in [1.29, 1.82) is 0 Å². The van der Waals surface area contributed by atoms with E-state index in [-0.39, 0.29) is 60.0 Å². The van der Waals surface area contributed by atoms with Crippen molar-refractivity contribution < 1.29 is 38.5 Å². The molecule has 2 aromatic heterocycles. The number of imidazole rings is 2. The van der Waals surface area contributed by atoms with Gasteiger partial charge in [-0.1, -0.05) is 38.5 Å². The third-order valence-corrected chi connectivity index (χ3v) is 15.1. The molecule has 4 fully saturated rings. The lowest BCUT2D eigenvalue weighted by atomic mass is 9.85. The number of hydrogen-bond acceptors (Lipinski definition) is 9. The number of nitrogens with zero attached hydrogens (tertiary/aromatic N) is 4. The summed E-state index contributed by atoms with van der Waals surface area (Å²) in [6.45, 7) is 10.2. The smallest absolute Gasteiger partial charge is 0.407 e. The fraction of sp³-hybridized carbons (Fsp3) is 0.520. The number of benzene rings is 3. The molecule has 10 rings (SSSR count). The molecule has 5 aromatic rings. The second kappa shape index (κ2) is 17.2. The molecule has 66 heavy (non-hydrogen) atoms. The van der Waals surface area contributed by atoms with E-state index >= 15 is 0 Å². The van der Waals surface area contributed by atoms with Crippen LogP contribution in [0.2, 0.25) is 0 Å². The van der Waals surface area contributed by atoms with Gasteiger partial charge in [-0.3, -0.25) is 9.59 Å². The van der Waals surface area contributed by atoms with Crippen LogP contribution in [0.3, 0.4) is 0 Å². The quantitative estimate of drug-likeness (QED) is 0.0956. The first kappa shape index (κ1) is 43.7. The number of ether oxygens (including phenoxy) is 3. The number of H-pyrrole nitrogens is 2. The first-order valence-corrected chi connectivity index (χ1v) is 23.7. The van der Waals surface area contributed by atoms with Crippen molar-refractivity contribution in [3.05, 3.63) is 65.9 Å². The third kappa shape index (κ3) is 7.79. The molecule has 5 aliphatic rings. The molecule has 4 aliphatic heterocycles. The minimum atomic E-state index is -1.20. The summed E-state index contributed by atoms with van der Waals surface area (Å²) in [5.41, 5.74) is 6.57. The SMILES string of the molecule is COC(=O)N[C@H](C(=O)N1[C@@H](C)CC[C@H]1c1ncc(-c2ccc3c(c2)COc2cc4c(ccc5nc([C@@H]6C[C@@H]7CCC[C@@H]7N6C(=O)[C@@H](NC(=O)O)C(C)C)[nH]c54)cc2-3)[nH]1)C1C[C@@H](C)O[C@H](C)C1. The number of carbonyl (C=O) groups is 4. The van der Waals surface area contributed by atoms with Crippen molar-refractivity contribution in [2.45, 2.75) is 141 Å². The van der Waals surface area contributed by atoms with E-state index in [1.54, 1.807) is 0 Å². The van der Waals surface area contributed by atoms with Gasteiger partial charge in [0, 0.05) is 23.0 Å². The predicted molar refractivity (Wildman–Crippen MR) is 246 cm³/mol. The van der Waals surface area contributed by atoms with Gasteiger partial charge in [-0.05, 0) is 130 Å². The maximum Gasteiger partial charge on any atom is 0.407 e. The summed E-state index contributed by atoms with van der Waals surface area (Å²) in [5, 5.41) is 17.0. The molecule has 1 aliphatic carbocycles. The van der Waals surface area contributed by atoms with Gasteiger partial charge in [0.15, 0.2) is 0 Å². The van der Waals surface area contributed by atoms with E-state index in [0.717, 1.165) is 99.9 Å². The number of aromatic amines is 2. The molecule has 0 bridgehead atoms. The Kier molecular flexibility index (Phi) is 11.4. The molecule has 0 unspecified atom stereocenters. The van der Waals surface area contributed by atoms with E-state index in [4.69, 9.17) is 24.2 Å². The second-order valence-corrected chi connectivity index (χ2v) is 19.7. The average molecular weight is 901 g/mol. The zero-order chi connectivity index (χ0) is 46.1. The largest absolute Gasteiger partial charge is 0.488 e. The van der Waals surface area contributed by atoms with Gasteiger partial charge in [0.2, 0.25) is 11.8 Å². The predicted octanol–water partition coefficient (Wildman–Crippen LogP) is 8.38. The van der Waals surface area contributed by atoms with Gasteiger partial charge >= 0.3 is 12.2 Å². The molecular formula is C50H60N8O8. The number of alkyl carbamates (subject to hydrolysis) is 1. The van der Waals surface area contributed by atoms with E-state index in [1.165, 1.54) is 7.11 Å². The van der Waals surface area contributed by atoms with E-state index in [2.05, 4.69) is 63.9 Å². The van der Waals surface area contributed by atoms with Crippen LogP contribution in [-0.2, 0) is 25.7 Å². The lowest BCUT2D eigenvalue weighted by Gasteiger charge is -2.39. The highest BCUT2D eigenvalue weighted by Gasteiger charge is 2.50. The highest BCUT2D eigenvalue weighted by atomic mass is 16.5. The number of carbonyl (C=O) groups excluding carboxylic acids is 3. The number of amides is 4. The lowest BCUT2D eigenvalue weighted by Crippen LogP contribution is -2.55. The lowest BCUT2D eigenvalue weighted by molar-refractivity contribution is -0.140. The van der Waals surface area contributed by atoms with Crippen LogP contribution in [0.15, 0.2) is 48.7 Å². The molecule has 0 radical (unpaired) electrons. The first-order valence-electron chi connectivity index (χ1n) is 23.7. The van der Waals surface area contributed by atoms with Crippen molar-refractivity contribution in [3.63, 3.8) is 0 Å². The average Bonchev–Trinajstić information content (AvgIpc) is 4.14. The summed E-state index contributed by atoms with van der Waals surface area (Å²) >= 11 is 0. The van der Waals surface area contributed by atoms with E-state index in [9.17, 15) is 24.3 Å². The molecule has 16 nitrogen and oxygen atoms in total. The van der Waals surface area contributed by atoms with Crippen LogP contribution in [0.5, 0.6) is 5.75 Å². The Bertz CT molecular complexity index is 2700. The molecule has 3 saturated heterocycles. The van der Waals surface area contributed by atoms with Crippen LogP contribution >= 0.6 is 0 Å². The van der Waals surface area contributed by atoms with Crippen molar-refractivity contribution in [2.75, 3.05) is 7.11 Å². The maximum absolute atomic E-state index is 14.5. The first-order chi connectivity index (χ1) is 31.8. The molecule has 16 heteroatoms. The Morgan fingerprint density at radius 2 is 1.67 bits per heavy atom. The standard InChI is InChI=1S/C50H60N8O8/c1-24(2)42(55-49(61)62)47(59)58-38-9-7-8-30(38)20-40(58)46-52-36-14-12-28-19-35-33-13-11-29(18-32(33)23-65-41(35)21-34(28)44(36)54-46)37-22-51-45(53-37)39-15-10-25(3)57(39)48(60)43(56-50(63)64-6)31-16-26(4)66-27(5)17-31/h11-14,18-19,21-22,24-27,30-31,38-40,42-43,55H,7-10,15-17,20,23H2,1-6H3,(H,51,53)(H,52,54)(H,56,63)(H,61,62)/t25-,26+,27+,30-,38-,39-,40-,42-,43-/m0/s1. The maximum atomic E-state index is 14.5. The fourth-order valence-electron chi connectivity index (χ4n) is 12.0. The van der Waals surface area contributed by atoms with Gasteiger partial charge < -0.3 is 49.7 Å².